The minimum absolute atomic E-state index is 0.116. The number of nitrogens with zero attached hydrogens (tertiary/aromatic N) is 1. The van der Waals surface area contributed by atoms with E-state index in [0.29, 0.717) is 5.69 Å². The lowest BCUT2D eigenvalue weighted by Crippen LogP contribution is -2.10. The molecule has 0 saturated carbocycles. The Morgan fingerprint density at radius 1 is 1.69 bits per heavy atom. The van der Waals surface area contributed by atoms with E-state index in [2.05, 4.69) is 14.9 Å². The number of halogens is 1. The second-order valence-electron chi connectivity index (χ2n) is 2.25. The molecule has 1 rings (SSSR count). The van der Waals surface area contributed by atoms with Gasteiger partial charge in [0.15, 0.2) is 10.9 Å². The summed E-state index contributed by atoms with van der Waals surface area (Å²) >= 11 is 5.61. The molecule has 1 N–H and O–H groups in total. The molecule has 0 aliphatic rings. The zero-order valence-electron chi connectivity index (χ0n) is 7.26. The molecule has 0 spiro atoms. The fourth-order valence-corrected chi connectivity index (χ4v) is 0.961. The second kappa shape index (κ2) is 4.13. The maximum atomic E-state index is 10.9. The van der Waals surface area contributed by atoms with Gasteiger partial charge in [-0.3, -0.25) is 5.10 Å². The van der Waals surface area contributed by atoms with Crippen LogP contribution in [0.15, 0.2) is 0 Å². The third kappa shape index (κ3) is 2.35. The van der Waals surface area contributed by atoms with E-state index >= 15 is 0 Å². The third-order valence-electron chi connectivity index (χ3n) is 1.30. The van der Waals surface area contributed by atoms with Crippen LogP contribution in [-0.2, 0) is 4.74 Å². The van der Waals surface area contributed by atoms with Crippen LogP contribution in [0.5, 0.6) is 5.75 Å². The average molecular weight is 205 g/mol. The lowest BCUT2D eigenvalue weighted by atomic mass is 10.4. The Bertz CT molecular complexity index is 291. The molecule has 0 aliphatic carbocycles. The summed E-state index contributed by atoms with van der Waals surface area (Å²) in [4.78, 5) is 10.9. The number of aromatic nitrogens is 2. The monoisotopic (exact) mass is 204 g/mol. The predicted octanol–water partition coefficient (Wildman–Crippen LogP) is 1.91. The van der Waals surface area contributed by atoms with Gasteiger partial charge in [-0.05, 0) is 13.8 Å². The van der Waals surface area contributed by atoms with Crippen molar-refractivity contribution in [1.82, 2.24) is 10.2 Å². The van der Waals surface area contributed by atoms with Crippen molar-refractivity contribution in [3.8, 4) is 5.75 Å². The quantitative estimate of drug-likeness (QED) is 0.748. The first-order valence-corrected chi connectivity index (χ1v) is 4.08. The number of hydrogen-bond donors (Lipinski definition) is 1. The lowest BCUT2D eigenvalue weighted by molar-refractivity contribution is 0.104. The Morgan fingerprint density at radius 3 is 2.85 bits per heavy atom. The van der Waals surface area contributed by atoms with Crippen LogP contribution in [0, 0.1) is 6.92 Å². The van der Waals surface area contributed by atoms with E-state index in [4.69, 9.17) is 16.3 Å². The van der Waals surface area contributed by atoms with Gasteiger partial charge < -0.3 is 9.47 Å². The normalized spacial score (nSPS) is 9.77. The van der Waals surface area contributed by atoms with Crippen molar-refractivity contribution in [1.29, 1.82) is 0 Å². The molecule has 6 heteroatoms. The number of ether oxygens (including phenoxy) is 2. The highest BCUT2D eigenvalue weighted by Crippen LogP contribution is 2.25. The Morgan fingerprint density at radius 2 is 2.38 bits per heavy atom. The van der Waals surface area contributed by atoms with Gasteiger partial charge in [0.25, 0.3) is 0 Å². The van der Waals surface area contributed by atoms with Crippen LogP contribution < -0.4 is 4.74 Å². The first-order valence-electron chi connectivity index (χ1n) is 3.70. The van der Waals surface area contributed by atoms with Crippen molar-refractivity contribution in [3.05, 3.63) is 10.8 Å². The molecule has 0 atom stereocenters. The summed E-state index contributed by atoms with van der Waals surface area (Å²) in [6.07, 6.45) is -0.783. The lowest BCUT2D eigenvalue weighted by Gasteiger charge is -2.02. The molecule has 0 unspecified atom stereocenters. The summed E-state index contributed by atoms with van der Waals surface area (Å²) in [7, 11) is 0. The van der Waals surface area contributed by atoms with Gasteiger partial charge in [0.05, 0.1) is 12.3 Å². The highest BCUT2D eigenvalue weighted by Gasteiger charge is 2.14. The fraction of sp³-hybridized carbons (Fsp3) is 0.429. The van der Waals surface area contributed by atoms with Crippen LogP contribution in [0.3, 0.4) is 0 Å². The van der Waals surface area contributed by atoms with Crippen LogP contribution in [0.4, 0.5) is 4.79 Å². The van der Waals surface area contributed by atoms with Gasteiger partial charge in [-0.15, -0.1) is 0 Å². The minimum atomic E-state index is -0.783. The van der Waals surface area contributed by atoms with Crippen molar-refractivity contribution in [2.75, 3.05) is 6.61 Å². The van der Waals surface area contributed by atoms with Crippen LogP contribution >= 0.6 is 11.6 Å². The van der Waals surface area contributed by atoms with Crippen LogP contribution in [-0.4, -0.2) is 23.0 Å². The maximum Gasteiger partial charge on any atom is 0.514 e. The van der Waals surface area contributed by atoms with E-state index in [-0.39, 0.29) is 17.5 Å². The van der Waals surface area contributed by atoms with Gasteiger partial charge in [0.2, 0.25) is 0 Å². The number of carbonyl (C=O) groups excluding carboxylic acids is 1. The van der Waals surface area contributed by atoms with E-state index in [1.807, 2.05) is 0 Å². The van der Waals surface area contributed by atoms with Crippen LogP contribution in [0.25, 0.3) is 0 Å². The van der Waals surface area contributed by atoms with Crippen LogP contribution in [0.2, 0.25) is 5.15 Å². The SMILES string of the molecule is CCOC(=O)Oc1c(Cl)n[nH]c1C. The van der Waals surface area contributed by atoms with Crippen LogP contribution in [0.1, 0.15) is 12.6 Å². The molecule has 1 heterocycles. The van der Waals surface area contributed by atoms with E-state index in [1.165, 1.54) is 0 Å². The summed E-state index contributed by atoms with van der Waals surface area (Å²) in [6, 6.07) is 0. The summed E-state index contributed by atoms with van der Waals surface area (Å²) < 4.78 is 9.33. The molecular formula is C7H9ClN2O3. The molecule has 5 nitrogen and oxygen atoms in total. The minimum Gasteiger partial charge on any atom is -0.434 e. The van der Waals surface area contributed by atoms with E-state index in [1.54, 1.807) is 13.8 Å². The van der Waals surface area contributed by atoms with Crippen molar-refractivity contribution < 1.29 is 14.3 Å². The van der Waals surface area contributed by atoms with E-state index in [9.17, 15) is 4.79 Å². The highest BCUT2D eigenvalue weighted by atomic mass is 35.5. The summed E-state index contributed by atoms with van der Waals surface area (Å²) in [5.41, 5.74) is 0.582. The predicted molar refractivity (Wildman–Crippen MR) is 46.0 cm³/mol. The molecule has 0 aromatic carbocycles. The Kier molecular flexibility index (Phi) is 3.13. The molecular weight excluding hydrogens is 196 g/mol. The topological polar surface area (TPSA) is 64.2 Å². The third-order valence-corrected chi connectivity index (χ3v) is 1.55. The summed E-state index contributed by atoms with van der Waals surface area (Å²) in [5.74, 6) is 0.208. The molecule has 0 bridgehead atoms. The number of nitrogens with one attached hydrogen (secondary N) is 1. The number of rotatable bonds is 2. The average Bonchev–Trinajstić information content (AvgIpc) is 2.36. The molecule has 13 heavy (non-hydrogen) atoms. The van der Waals surface area contributed by atoms with Gasteiger partial charge in [-0.1, -0.05) is 11.6 Å². The van der Waals surface area contributed by atoms with Gasteiger partial charge in [-0.25, -0.2) is 4.79 Å². The molecule has 0 radical (unpaired) electrons. The van der Waals surface area contributed by atoms with Gasteiger partial charge >= 0.3 is 6.16 Å². The number of hydrogen-bond acceptors (Lipinski definition) is 4. The molecule has 1 aromatic heterocycles. The molecule has 0 amide bonds. The van der Waals surface area contributed by atoms with Gasteiger partial charge in [-0.2, -0.15) is 5.10 Å². The Labute approximate surface area is 80.0 Å². The van der Waals surface area contributed by atoms with Crippen molar-refractivity contribution in [2.24, 2.45) is 0 Å². The molecule has 0 aliphatic heterocycles. The van der Waals surface area contributed by atoms with E-state index in [0.717, 1.165) is 0 Å². The molecule has 1 aromatic rings. The summed E-state index contributed by atoms with van der Waals surface area (Å²) in [5, 5.41) is 6.32. The van der Waals surface area contributed by atoms with Gasteiger partial charge in [0.1, 0.15) is 0 Å². The zero-order valence-corrected chi connectivity index (χ0v) is 8.01. The Balaban J connectivity index is 2.68. The first kappa shape index (κ1) is 9.85. The molecule has 0 saturated heterocycles. The standard InChI is InChI=1S/C7H9ClN2O3/c1-3-12-7(11)13-5-4(2)9-10-6(5)8/h3H2,1-2H3,(H,9,10). The van der Waals surface area contributed by atoms with E-state index < -0.39 is 6.16 Å². The van der Waals surface area contributed by atoms with Crippen molar-refractivity contribution >= 4 is 17.8 Å². The summed E-state index contributed by atoms with van der Waals surface area (Å²) in [6.45, 7) is 3.63. The number of carbonyl (C=O) groups is 1. The molecule has 72 valence electrons. The number of aromatic amines is 1. The van der Waals surface area contributed by atoms with Crippen molar-refractivity contribution in [3.63, 3.8) is 0 Å². The maximum absolute atomic E-state index is 10.9. The number of H-pyrrole nitrogens is 1. The smallest absolute Gasteiger partial charge is 0.434 e. The second-order valence-corrected chi connectivity index (χ2v) is 2.61. The largest absolute Gasteiger partial charge is 0.514 e. The fourth-order valence-electron chi connectivity index (χ4n) is 0.739. The van der Waals surface area contributed by atoms with Gasteiger partial charge in [0, 0.05) is 0 Å². The Hall–Kier alpha value is -1.23. The zero-order chi connectivity index (χ0) is 9.84. The first-order chi connectivity index (χ1) is 6.15. The number of aryl methyl sites for hydroxylation is 1. The highest BCUT2D eigenvalue weighted by molar-refractivity contribution is 6.31. The molecule has 0 fully saturated rings. The van der Waals surface area contributed by atoms with Crippen molar-refractivity contribution in [2.45, 2.75) is 13.8 Å².